The maximum absolute atomic E-state index is 11.3. The molecular formula is C8H10Cl2O3. The Morgan fingerprint density at radius 2 is 1.85 bits per heavy atom. The molecule has 0 heterocycles. The molecule has 3 nitrogen and oxygen atoms in total. The molecule has 0 aromatic carbocycles. The Morgan fingerprint density at radius 3 is 2.15 bits per heavy atom. The lowest BCUT2D eigenvalue weighted by Crippen LogP contribution is -2.25. The van der Waals surface area contributed by atoms with Gasteiger partial charge in [0, 0.05) is 11.5 Å². The maximum atomic E-state index is 11.3. The first-order chi connectivity index (χ1) is 5.75. The summed E-state index contributed by atoms with van der Waals surface area (Å²) < 4.78 is -0.163. The molecule has 0 aliphatic carbocycles. The van der Waals surface area contributed by atoms with Crippen LogP contribution in [0.5, 0.6) is 0 Å². The highest BCUT2D eigenvalue weighted by Crippen LogP contribution is 2.23. The lowest BCUT2D eigenvalue weighted by atomic mass is 9.84. The summed E-state index contributed by atoms with van der Waals surface area (Å²) >= 11 is 10.5. The highest BCUT2D eigenvalue weighted by Gasteiger charge is 2.28. The molecule has 74 valence electrons. The van der Waals surface area contributed by atoms with Crippen LogP contribution in [0.3, 0.4) is 0 Å². The monoisotopic (exact) mass is 224 g/mol. The molecule has 0 unspecified atom stereocenters. The minimum absolute atomic E-state index is 0.163. The Hall–Kier alpha value is -0.540. The largest absolute Gasteiger partial charge is 0.481 e. The van der Waals surface area contributed by atoms with Gasteiger partial charge in [-0.25, -0.2) is 0 Å². The average Bonchev–Trinajstić information content (AvgIpc) is 1.81. The third kappa shape index (κ3) is 4.90. The Bertz CT molecular complexity index is 252. The third-order valence-electron chi connectivity index (χ3n) is 1.50. The minimum atomic E-state index is -1.03. The summed E-state index contributed by atoms with van der Waals surface area (Å²) in [6, 6.07) is 0. The number of hydrogen-bond donors (Lipinski definition) is 1. The molecule has 0 saturated heterocycles. The number of hydrogen-bond acceptors (Lipinski definition) is 2. The van der Waals surface area contributed by atoms with Gasteiger partial charge in [0.15, 0.2) is 5.78 Å². The number of carboxylic acid groups (broad SMARTS) is 1. The van der Waals surface area contributed by atoms with Crippen LogP contribution in [0.2, 0.25) is 0 Å². The van der Waals surface area contributed by atoms with Crippen LogP contribution >= 0.6 is 23.2 Å². The van der Waals surface area contributed by atoms with Gasteiger partial charge in [-0.3, -0.25) is 9.59 Å². The van der Waals surface area contributed by atoms with Gasteiger partial charge in [0.25, 0.3) is 0 Å². The number of aliphatic carboxylic acids is 1. The van der Waals surface area contributed by atoms with Crippen LogP contribution in [0.15, 0.2) is 10.6 Å². The first-order valence-corrected chi connectivity index (χ1v) is 4.30. The average molecular weight is 225 g/mol. The predicted octanol–water partition coefficient (Wildman–Crippen LogP) is 2.38. The smallest absolute Gasteiger partial charge is 0.304 e. The lowest BCUT2D eigenvalue weighted by Gasteiger charge is -2.18. The quantitative estimate of drug-likeness (QED) is 0.747. The molecule has 0 radical (unpaired) electrons. The molecule has 0 aromatic heterocycles. The van der Waals surface area contributed by atoms with E-state index in [0.29, 0.717) is 0 Å². The van der Waals surface area contributed by atoms with Crippen molar-refractivity contribution in [1.82, 2.24) is 0 Å². The van der Waals surface area contributed by atoms with E-state index in [1.54, 1.807) is 0 Å². The van der Waals surface area contributed by atoms with Gasteiger partial charge in [-0.1, -0.05) is 37.0 Å². The van der Waals surface area contributed by atoms with E-state index in [4.69, 9.17) is 28.3 Å². The minimum Gasteiger partial charge on any atom is -0.481 e. The Balaban J connectivity index is 4.54. The summed E-state index contributed by atoms with van der Waals surface area (Å²) in [5.41, 5.74) is -0.971. The van der Waals surface area contributed by atoms with Gasteiger partial charge in [-0.2, -0.15) is 0 Å². The molecule has 0 fully saturated rings. The van der Waals surface area contributed by atoms with Crippen molar-refractivity contribution in [2.45, 2.75) is 20.3 Å². The zero-order chi connectivity index (χ0) is 10.6. The molecule has 1 N–H and O–H groups in total. The lowest BCUT2D eigenvalue weighted by molar-refractivity contribution is -0.142. The standard InChI is InChI=1S/C8H10Cl2O3/c1-8(2,4-7(12)13)5(11)3-6(9)10/h3H,4H2,1-2H3,(H,12,13). The van der Waals surface area contributed by atoms with Crippen molar-refractivity contribution in [3.63, 3.8) is 0 Å². The number of rotatable bonds is 4. The molecule has 5 heteroatoms. The van der Waals surface area contributed by atoms with E-state index < -0.39 is 17.2 Å². The molecule has 0 aliphatic heterocycles. The molecule has 0 atom stereocenters. The second kappa shape index (κ2) is 4.63. The van der Waals surface area contributed by atoms with Crippen LogP contribution in [0.1, 0.15) is 20.3 Å². The molecule has 0 amide bonds. The third-order valence-corrected chi connectivity index (χ3v) is 1.72. The van der Waals surface area contributed by atoms with E-state index in [-0.39, 0.29) is 10.9 Å². The van der Waals surface area contributed by atoms with Crippen molar-refractivity contribution in [1.29, 1.82) is 0 Å². The molecule has 0 saturated carbocycles. The van der Waals surface area contributed by atoms with Gasteiger partial charge in [-0.05, 0) is 0 Å². The van der Waals surface area contributed by atoms with Crippen molar-refractivity contribution < 1.29 is 14.7 Å². The van der Waals surface area contributed by atoms with E-state index in [1.165, 1.54) is 13.8 Å². The summed E-state index contributed by atoms with van der Waals surface area (Å²) in [6.45, 7) is 3.05. The van der Waals surface area contributed by atoms with Crippen LogP contribution in [0, 0.1) is 5.41 Å². The van der Waals surface area contributed by atoms with Crippen molar-refractivity contribution in [3.8, 4) is 0 Å². The van der Waals surface area contributed by atoms with Crippen molar-refractivity contribution >= 4 is 35.0 Å². The van der Waals surface area contributed by atoms with Crippen LogP contribution < -0.4 is 0 Å². The van der Waals surface area contributed by atoms with Crippen LogP contribution in [0.25, 0.3) is 0 Å². The van der Waals surface area contributed by atoms with Gasteiger partial charge in [-0.15, -0.1) is 0 Å². The van der Waals surface area contributed by atoms with E-state index in [1.807, 2.05) is 0 Å². The van der Waals surface area contributed by atoms with Crippen LogP contribution in [-0.2, 0) is 9.59 Å². The van der Waals surface area contributed by atoms with Gasteiger partial charge in [0.2, 0.25) is 0 Å². The zero-order valence-electron chi connectivity index (χ0n) is 7.30. The van der Waals surface area contributed by atoms with E-state index in [9.17, 15) is 9.59 Å². The number of carbonyl (C=O) groups excluding carboxylic acids is 1. The van der Waals surface area contributed by atoms with E-state index >= 15 is 0 Å². The predicted molar refractivity (Wildman–Crippen MR) is 50.8 cm³/mol. The Morgan fingerprint density at radius 1 is 1.38 bits per heavy atom. The Kier molecular flexibility index (Phi) is 4.44. The highest BCUT2D eigenvalue weighted by atomic mass is 35.5. The van der Waals surface area contributed by atoms with Gasteiger partial charge < -0.3 is 5.11 Å². The number of allylic oxidation sites excluding steroid dienone is 1. The highest BCUT2D eigenvalue weighted by molar-refractivity contribution is 6.56. The van der Waals surface area contributed by atoms with Crippen LogP contribution in [0.4, 0.5) is 0 Å². The van der Waals surface area contributed by atoms with Crippen molar-refractivity contribution in [2.24, 2.45) is 5.41 Å². The fourth-order valence-corrected chi connectivity index (χ4v) is 0.958. The Labute approximate surface area is 86.3 Å². The molecule has 0 aliphatic rings. The summed E-state index contributed by atoms with van der Waals surface area (Å²) in [4.78, 5) is 21.7. The molecule has 0 aromatic rings. The number of carbonyl (C=O) groups is 2. The maximum Gasteiger partial charge on any atom is 0.304 e. The molecule has 0 rings (SSSR count). The van der Waals surface area contributed by atoms with Gasteiger partial charge in [0.1, 0.15) is 4.49 Å². The summed E-state index contributed by atoms with van der Waals surface area (Å²) in [5.74, 6) is -1.42. The topological polar surface area (TPSA) is 54.4 Å². The fraction of sp³-hybridized carbons (Fsp3) is 0.500. The van der Waals surface area contributed by atoms with Crippen LogP contribution in [-0.4, -0.2) is 16.9 Å². The molecule has 0 spiro atoms. The first kappa shape index (κ1) is 12.5. The summed E-state index contributed by atoms with van der Waals surface area (Å²) in [7, 11) is 0. The number of carboxylic acids is 1. The normalized spacial score (nSPS) is 10.8. The number of halogens is 2. The first-order valence-electron chi connectivity index (χ1n) is 3.54. The van der Waals surface area contributed by atoms with Crippen molar-refractivity contribution in [2.75, 3.05) is 0 Å². The van der Waals surface area contributed by atoms with E-state index in [0.717, 1.165) is 6.08 Å². The zero-order valence-corrected chi connectivity index (χ0v) is 8.82. The second-order valence-corrected chi connectivity index (χ2v) is 4.26. The fourth-order valence-electron chi connectivity index (χ4n) is 0.760. The van der Waals surface area contributed by atoms with Gasteiger partial charge in [0.05, 0.1) is 6.42 Å². The molecule has 13 heavy (non-hydrogen) atoms. The number of ketones is 1. The van der Waals surface area contributed by atoms with E-state index in [2.05, 4.69) is 0 Å². The second-order valence-electron chi connectivity index (χ2n) is 3.25. The SMILES string of the molecule is CC(C)(CC(=O)O)C(=O)C=C(Cl)Cl. The molecule has 0 bridgehead atoms. The summed E-state index contributed by atoms with van der Waals surface area (Å²) in [6.07, 6.45) is 0.773. The summed E-state index contributed by atoms with van der Waals surface area (Å²) in [5, 5.41) is 8.49. The molecular weight excluding hydrogens is 215 g/mol. The van der Waals surface area contributed by atoms with Gasteiger partial charge >= 0.3 is 5.97 Å². The van der Waals surface area contributed by atoms with Crippen molar-refractivity contribution in [3.05, 3.63) is 10.6 Å².